The highest BCUT2D eigenvalue weighted by Gasteiger charge is 2.32. The monoisotopic (exact) mass is 335 g/mol. The van der Waals surface area contributed by atoms with Gasteiger partial charge in [-0.1, -0.05) is 0 Å². The van der Waals surface area contributed by atoms with Crippen LogP contribution in [0.2, 0.25) is 0 Å². The lowest BCUT2D eigenvalue weighted by Gasteiger charge is -2.19. The van der Waals surface area contributed by atoms with Gasteiger partial charge in [-0.3, -0.25) is 14.3 Å². The summed E-state index contributed by atoms with van der Waals surface area (Å²) < 4.78 is 26.5. The first-order valence-electron chi connectivity index (χ1n) is 5.80. The van der Waals surface area contributed by atoms with Crippen LogP contribution in [0.3, 0.4) is 0 Å². The predicted molar refractivity (Wildman–Crippen MR) is 75.1 cm³/mol. The molecule has 21 heavy (non-hydrogen) atoms. The predicted octanol–water partition coefficient (Wildman–Crippen LogP) is 2.32. The van der Waals surface area contributed by atoms with Crippen LogP contribution in [-0.2, 0) is 24.8 Å². The molecular formula is C11H14NO7PS. The van der Waals surface area contributed by atoms with Crippen LogP contribution in [-0.4, -0.2) is 37.8 Å². The van der Waals surface area contributed by atoms with Crippen LogP contribution >= 0.6 is 18.2 Å². The average molecular weight is 335 g/mol. The van der Waals surface area contributed by atoms with Crippen molar-refractivity contribution in [3.63, 3.8) is 0 Å². The quantitative estimate of drug-likeness (QED) is 0.459. The van der Waals surface area contributed by atoms with E-state index in [2.05, 4.69) is 4.98 Å². The fraction of sp³-hybridized carbons (Fsp3) is 0.364. The van der Waals surface area contributed by atoms with Crippen molar-refractivity contribution >= 4 is 30.2 Å². The first kappa shape index (κ1) is 17.6. The summed E-state index contributed by atoms with van der Waals surface area (Å²) >= 11 is -0.0508. The number of nitrogens with zero attached hydrogens (tertiary/aromatic N) is 1. The Hall–Kier alpha value is -1.41. The molecule has 0 aliphatic carbocycles. The lowest BCUT2D eigenvalue weighted by molar-refractivity contribution is -0.146. The third-order valence-electron chi connectivity index (χ3n) is 2.43. The molecule has 0 amide bonds. The van der Waals surface area contributed by atoms with Crippen LogP contribution in [0.5, 0.6) is 0 Å². The molecule has 0 saturated carbocycles. The number of hydrogen-bond acceptors (Lipinski definition) is 7. The molecule has 0 aromatic carbocycles. The van der Waals surface area contributed by atoms with Gasteiger partial charge in [0.1, 0.15) is 0 Å². The van der Waals surface area contributed by atoms with E-state index in [0.717, 1.165) is 0 Å². The van der Waals surface area contributed by atoms with Crippen LogP contribution < -0.4 is 0 Å². The van der Waals surface area contributed by atoms with Gasteiger partial charge in [-0.15, -0.1) is 0 Å². The Morgan fingerprint density at radius 3 is 2.43 bits per heavy atom. The Bertz CT molecular complexity index is 539. The highest BCUT2D eigenvalue weighted by molar-refractivity contribution is 8.53. The fourth-order valence-electron chi connectivity index (χ4n) is 1.47. The molecule has 116 valence electrons. The third kappa shape index (κ3) is 6.26. The van der Waals surface area contributed by atoms with Gasteiger partial charge in [0.2, 0.25) is 0 Å². The van der Waals surface area contributed by atoms with Crippen molar-refractivity contribution < 1.29 is 33.4 Å². The Labute approximate surface area is 124 Å². The second-order valence-electron chi connectivity index (χ2n) is 4.07. The second-order valence-corrected chi connectivity index (χ2v) is 8.14. The largest absolute Gasteiger partial charge is 0.481 e. The molecule has 1 heterocycles. The van der Waals surface area contributed by atoms with Crippen LogP contribution in [0.15, 0.2) is 24.5 Å². The van der Waals surface area contributed by atoms with E-state index in [1.807, 2.05) is 0 Å². The van der Waals surface area contributed by atoms with E-state index in [0.29, 0.717) is 5.56 Å². The molecule has 0 saturated heterocycles. The standard InChI is InChI=1S/C11H14NO7PS/c13-10(14)2-1-9(11(15)16)19-20(17,21-18)7-8-3-5-12-6-4-8/h3-6,9,18H,1-2,7H2,(H,13,14)(H,15,16). The van der Waals surface area contributed by atoms with Gasteiger partial charge in [-0.05, 0) is 24.1 Å². The van der Waals surface area contributed by atoms with Gasteiger partial charge in [-0.2, -0.15) is 0 Å². The summed E-state index contributed by atoms with van der Waals surface area (Å²) in [7, 11) is 0. The van der Waals surface area contributed by atoms with Crippen LogP contribution in [0.4, 0.5) is 0 Å². The molecule has 3 N–H and O–H groups in total. The van der Waals surface area contributed by atoms with Crippen molar-refractivity contribution in [2.75, 3.05) is 0 Å². The van der Waals surface area contributed by atoms with E-state index in [9.17, 15) is 14.2 Å². The molecule has 0 aliphatic rings. The lowest BCUT2D eigenvalue weighted by Crippen LogP contribution is -2.23. The summed E-state index contributed by atoms with van der Waals surface area (Å²) in [6.07, 6.45) is 0.386. The summed E-state index contributed by atoms with van der Waals surface area (Å²) in [5, 5.41) is 17.5. The molecule has 1 aromatic rings. The van der Waals surface area contributed by atoms with Gasteiger partial charge in [-0.25, -0.2) is 4.79 Å². The maximum Gasteiger partial charge on any atom is 0.333 e. The maximum atomic E-state index is 12.4. The molecule has 1 rings (SSSR count). The van der Waals surface area contributed by atoms with Gasteiger partial charge in [0.25, 0.3) is 6.57 Å². The van der Waals surface area contributed by atoms with Crippen molar-refractivity contribution in [3.8, 4) is 0 Å². The lowest BCUT2D eigenvalue weighted by atomic mass is 10.2. The van der Waals surface area contributed by atoms with Crippen LogP contribution in [0.25, 0.3) is 0 Å². The molecule has 0 radical (unpaired) electrons. The van der Waals surface area contributed by atoms with E-state index >= 15 is 0 Å². The van der Waals surface area contributed by atoms with E-state index in [1.54, 1.807) is 12.1 Å². The zero-order valence-corrected chi connectivity index (χ0v) is 12.5. The van der Waals surface area contributed by atoms with Crippen LogP contribution in [0.1, 0.15) is 18.4 Å². The molecule has 0 bridgehead atoms. The Kier molecular flexibility index (Phi) is 6.83. The van der Waals surface area contributed by atoms with E-state index in [1.165, 1.54) is 12.4 Å². The minimum absolute atomic E-state index is 0.0508. The molecule has 0 aliphatic heterocycles. The smallest absolute Gasteiger partial charge is 0.333 e. The minimum atomic E-state index is -3.72. The fourth-order valence-corrected chi connectivity index (χ4v) is 3.93. The highest BCUT2D eigenvalue weighted by Crippen LogP contribution is 2.61. The maximum absolute atomic E-state index is 12.4. The SMILES string of the molecule is O=C(O)CCC(OP(=O)(Cc1ccncc1)SO)C(=O)O. The Morgan fingerprint density at radius 2 is 1.95 bits per heavy atom. The normalized spacial score (nSPS) is 15.1. The van der Waals surface area contributed by atoms with E-state index < -0.39 is 31.0 Å². The molecule has 0 spiro atoms. The number of aromatic nitrogens is 1. The molecular weight excluding hydrogens is 321 g/mol. The van der Waals surface area contributed by atoms with Crippen molar-refractivity contribution in [2.45, 2.75) is 25.1 Å². The van der Waals surface area contributed by atoms with Gasteiger partial charge in [0.15, 0.2) is 6.10 Å². The Morgan fingerprint density at radius 1 is 1.33 bits per heavy atom. The summed E-state index contributed by atoms with van der Waals surface area (Å²) in [5.41, 5.74) is 0.553. The summed E-state index contributed by atoms with van der Waals surface area (Å²) in [5.74, 6) is -2.62. The Balaban J connectivity index is 2.79. The topological polar surface area (TPSA) is 134 Å². The minimum Gasteiger partial charge on any atom is -0.481 e. The number of pyridine rings is 1. The van der Waals surface area contributed by atoms with E-state index in [4.69, 9.17) is 19.3 Å². The number of carboxylic acid groups (broad SMARTS) is 2. The van der Waals surface area contributed by atoms with E-state index in [-0.39, 0.29) is 24.2 Å². The summed E-state index contributed by atoms with van der Waals surface area (Å²) in [6, 6.07) is 3.11. The molecule has 0 fully saturated rings. The number of carboxylic acids is 2. The average Bonchev–Trinajstić information content (AvgIpc) is 2.44. The number of carbonyl (C=O) groups is 2. The van der Waals surface area contributed by atoms with Crippen LogP contribution in [0, 0.1) is 0 Å². The van der Waals surface area contributed by atoms with Crippen molar-refractivity contribution in [1.82, 2.24) is 4.98 Å². The number of rotatable bonds is 9. The van der Waals surface area contributed by atoms with Crippen molar-refractivity contribution in [3.05, 3.63) is 30.1 Å². The molecule has 1 aromatic heterocycles. The van der Waals surface area contributed by atoms with Gasteiger partial charge < -0.3 is 19.3 Å². The third-order valence-corrected chi connectivity index (χ3v) is 5.40. The van der Waals surface area contributed by atoms with Gasteiger partial charge in [0.05, 0.1) is 17.8 Å². The molecule has 2 unspecified atom stereocenters. The number of hydrogen-bond donors (Lipinski definition) is 3. The molecule has 8 nitrogen and oxygen atoms in total. The van der Waals surface area contributed by atoms with Gasteiger partial charge >= 0.3 is 11.9 Å². The second kappa shape index (κ2) is 8.14. The first-order valence-corrected chi connectivity index (χ1v) is 8.99. The summed E-state index contributed by atoms with van der Waals surface area (Å²) in [6.45, 7) is -3.72. The highest BCUT2D eigenvalue weighted by atomic mass is 32.7. The molecule has 2 atom stereocenters. The number of aliphatic carboxylic acids is 2. The van der Waals surface area contributed by atoms with Crippen molar-refractivity contribution in [1.29, 1.82) is 0 Å². The first-order chi connectivity index (χ1) is 9.86. The zero-order valence-electron chi connectivity index (χ0n) is 10.8. The summed E-state index contributed by atoms with van der Waals surface area (Å²) in [4.78, 5) is 25.3. The van der Waals surface area contributed by atoms with Crippen molar-refractivity contribution in [2.24, 2.45) is 0 Å². The zero-order chi connectivity index (χ0) is 15.9. The van der Waals surface area contributed by atoms with Gasteiger partial charge in [0, 0.05) is 18.8 Å². The molecule has 10 heteroatoms.